The topological polar surface area (TPSA) is 64.5 Å². The molecule has 0 aliphatic heterocycles. The van der Waals surface area contributed by atoms with Crippen molar-refractivity contribution in [3.8, 4) is 45.3 Å². The normalized spacial score (nSPS) is 11.5. The summed E-state index contributed by atoms with van der Waals surface area (Å²) < 4.78 is 0. The van der Waals surface area contributed by atoms with E-state index in [4.69, 9.17) is 19.9 Å². The summed E-state index contributed by atoms with van der Waals surface area (Å²) in [5.41, 5.74) is 8.92. The molecule has 0 fully saturated rings. The molecule has 9 aromatic rings. The van der Waals surface area contributed by atoms with Crippen molar-refractivity contribution >= 4 is 43.5 Å². The lowest BCUT2D eigenvalue weighted by Crippen LogP contribution is -1.98. The van der Waals surface area contributed by atoms with Gasteiger partial charge in [-0.3, -0.25) is 4.98 Å². The Hall–Kier alpha value is -6.33. The first-order valence-electron chi connectivity index (χ1n) is 15.3. The molecular formula is C41H25N5. The van der Waals surface area contributed by atoms with Crippen LogP contribution in [-0.2, 0) is 0 Å². The first-order chi connectivity index (χ1) is 22.8. The van der Waals surface area contributed by atoms with Gasteiger partial charge < -0.3 is 0 Å². The van der Waals surface area contributed by atoms with Crippen LogP contribution in [0.1, 0.15) is 0 Å². The number of hydrogen-bond donors (Lipinski definition) is 0. The van der Waals surface area contributed by atoms with Gasteiger partial charge >= 0.3 is 0 Å². The summed E-state index contributed by atoms with van der Waals surface area (Å²) in [7, 11) is 0. The van der Waals surface area contributed by atoms with Gasteiger partial charge in [0.25, 0.3) is 0 Å². The van der Waals surface area contributed by atoms with E-state index < -0.39 is 0 Å². The molecule has 4 heterocycles. The molecule has 0 atom stereocenters. The summed E-state index contributed by atoms with van der Waals surface area (Å²) in [5.74, 6) is 0.661. The largest absolute Gasteiger partial charge is 0.255 e. The van der Waals surface area contributed by atoms with Crippen LogP contribution in [0.2, 0.25) is 0 Å². The zero-order chi connectivity index (χ0) is 30.5. The van der Waals surface area contributed by atoms with Crippen molar-refractivity contribution in [2.45, 2.75) is 0 Å². The number of benzene rings is 5. The molecule has 214 valence electrons. The molecular weight excluding hydrogens is 562 g/mol. The Bertz CT molecular complexity index is 2580. The number of rotatable bonds is 4. The van der Waals surface area contributed by atoms with Crippen molar-refractivity contribution in [1.82, 2.24) is 24.9 Å². The highest BCUT2D eigenvalue weighted by Gasteiger charge is 2.18. The first-order valence-corrected chi connectivity index (χ1v) is 15.3. The zero-order valence-electron chi connectivity index (χ0n) is 24.7. The van der Waals surface area contributed by atoms with E-state index in [0.29, 0.717) is 5.82 Å². The fourth-order valence-corrected chi connectivity index (χ4v) is 6.22. The molecule has 4 aromatic heterocycles. The molecule has 0 aliphatic rings. The summed E-state index contributed by atoms with van der Waals surface area (Å²) in [4.78, 5) is 25.3. The van der Waals surface area contributed by atoms with Crippen molar-refractivity contribution in [3.05, 3.63) is 152 Å². The van der Waals surface area contributed by atoms with Crippen LogP contribution in [0.5, 0.6) is 0 Å². The van der Waals surface area contributed by atoms with Crippen molar-refractivity contribution in [2.75, 3.05) is 0 Å². The molecule has 0 saturated heterocycles. The number of aromatic nitrogens is 5. The predicted octanol–water partition coefficient (Wildman–Crippen LogP) is 9.94. The highest BCUT2D eigenvalue weighted by Crippen LogP contribution is 2.37. The van der Waals surface area contributed by atoms with E-state index in [0.717, 1.165) is 82.9 Å². The van der Waals surface area contributed by atoms with Crippen molar-refractivity contribution < 1.29 is 0 Å². The van der Waals surface area contributed by atoms with Crippen LogP contribution >= 0.6 is 0 Å². The first kappa shape index (κ1) is 26.1. The van der Waals surface area contributed by atoms with Gasteiger partial charge in [-0.05, 0) is 53.2 Å². The second-order valence-corrected chi connectivity index (χ2v) is 11.3. The number of pyridine rings is 3. The number of fused-ring (bicyclic) bond motifs is 5. The second kappa shape index (κ2) is 10.7. The van der Waals surface area contributed by atoms with E-state index in [9.17, 15) is 0 Å². The number of nitrogens with zero attached hydrogens (tertiary/aromatic N) is 5. The Morgan fingerprint density at radius 3 is 1.78 bits per heavy atom. The molecule has 0 radical (unpaired) electrons. The second-order valence-electron chi connectivity index (χ2n) is 11.3. The minimum atomic E-state index is 0.661. The molecule has 0 amide bonds. The fraction of sp³-hybridized carbons (Fsp3) is 0. The average Bonchev–Trinajstić information content (AvgIpc) is 3.14. The van der Waals surface area contributed by atoms with Crippen molar-refractivity contribution in [2.24, 2.45) is 0 Å². The average molecular weight is 588 g/mol. The van der Waals surface area contributed by atoms with E-state index >= 15 is 0 Å². The van der Waals surface area contributed by atoms with Gasteiger partial charge in [-0.15, -0.1) is 0 Å². The van der Waals surface area contributed by atoms with Gasteiger partial charge in [0.05, 0.1) is 39.3 Å². The van der Waals surface area contributed by atoms with Crippen LogP contribution in [0.15, 0.2) is 152 Å². The third-order valence-electron chi connectivity index (χ3n) is 8.50. The molecule has 0 aliphatic carbocycles. The Kier molecular flexibility index (Phi) is 6.06. The maximum absolute atomic E-state index is 5.31. The lowest BCUT2D eigenvalue weighted by atomic mass is 9.96. The van der Waals surface area contributed by atoms with Crippen LogP contribution < -0.4 is 0 Å². The zero-order valence-corrected chi connectivity index (χ0v) is 24.7. The van der Waals surface area contributed by atoms with Crippen molar-refractivity contribution in [3.63, 3.8) is 0 Å². The van der Waals surface area contributed by atoms with Gasteiger partial charge in [0.2, 0.25) is 0 Å². The molecule has 0 bridgehead atoms. The molecule has 5 heteroatoms. The van der Waals surface area contributed by atoms with E-state index in [1.54, 1.807) is 6.20 Å². The molecule has 9 rings (SSSR count). The Labute approximate surface area is 264 Å². The van der Waals surface area contributed by atoms with E-state index in [2.05, 4.69) is 96.0 Å². The SMILES string of the molecule is c1ccc(-c2nc(-c3cc4ccccc4cc3-c3ccc4ccc5ccc(-c6ccccn6)nc5c4n3)nc3ccccc23)cc1. The molecule has 5 nitrogen and oxygen atoms in total. The molecule has 0 N–H and O–H groups in total. The standard InChI is InChI=1S/C41H25N5/c1-2-10-26(11-3-1)38-31-14-6-7-15-34(31)45-41(46-38)33-25-30-13-5-4-12-29(30)24-32(33)35-21-19-27-17-18-28-20-22-37(36-16-8-9-23-42-36)44-40(28)39(27)43-35/h1-25H. The quantitative estimate of drug-likeness (QED) is 0.192. The van der Waals surface area contributed by atoms with Gasteiger partial charge in [-0.1, -0.05) is 103 Å². The Balaban J connectivity index is 1.30. The van der Waals surface area contributed by atoms with Crippen LogP contribution in [0, 0.1) is 0 Å². The van der Waals surface area contributed by atoms with Gasteiger partial charge in [0.1, 0.15) is 0 Å². The van der Waals surface area contributed by atoms with Crippen LogP contribution in [0.4, 0.5) is 0 Å². The van der Waals surface area contributed by atoms with Gasteiger partial charge in [0.15, 0.2) is 5.82 Å². The summed E-state index contributed by atoms with van der Waals surface area (Å²) in [5, 5.41) is 5.32. The van der Waals surface area contributed by atoms with Gasteiger partial charge in [-0.25, -0.2) is 19.9 Å². The predicted molar refractivity (Wildman–Crippen MR) is 187 cm³/mol. The highest BCUT2D eigenvalue weighted by atomic mass is 14.9. The van der Waals surface area contributed by atoms with Crippen LogP contribution in [0.3, 0.4) is 0 Å². The van der Waals surface area contributed by atoms with Gasteiger partial charge in [-0.2, -0.15) is 0 Å². The summed E-state index contributed by atoms with van der Waals surface area (Å²) >= 11 is 0. The third kappa shape index (κ3) is 4.45. The van der Waals surface area contributed by atoms with Crippen LogP contribution in [0.25, 0.3) is 88.8 Å². The molecule has 5 aromatic carbocycles. The molecule has 0 unspecified atom stereocenters. The lowest BCUT2D eigenvalue weighted by molar-refractivity contribution is 1.23. The summed E-state index contributed by atoms with van der Waals surface area (Å²) in [6.45, 7) is 0. The molecule has 0 spiro atoms. The molecule has 46 heavy (non-hydrogen) atoms. The lowest BCUT2D eigenvalue weighted by Gasteiger charge is -2.14. The monoisotopic (exact) mass is 587 g/mol. The molecule has 0 saturated carbocycles. The number of hydrogen-bond acceptors (Lipinski definition) is 5. The van der Waals surface area contributed by atoms with E-state index in [-0.39, 0.29) is 0 Å². The maximum Gasteiger partial charge on any atom is 0.161 e. The minimum absolute atomic E-state index is 0.661. The summed E-state index contributed by atoms with van der Waals surface area (Å²) in [6, 6.07) is 49.7. The van der Waals surface area contributed by atoms with E-state index in [1.807, 2.05) is 54.6 Å². The maximum atomic E-state index is 5.31. The Morgan fingerprint density at radius 2 is 1.02 bits per heavy atom. The summed E-state index contributed by atoms with van der Waals surface area (Å²) in [6.07, 6.45) is 1.79. The number of para-hydroxylation sites is 1. The highest BCUT2D eigenvalue weighted by molar-refractivity contribution is 6.05. The smallest absolute Gasteiger partial charge is 0.161 e. The third-order valence-corrected chi connectivity index (χ3v) is 8.50. The minimum Gasteiger partial charge on any atom is -0.255 e. The van der Waals surface area contributed by atoms with Gasteiger partial charge in [0, 0.05) is 39.0 Å². The van der Waals surface area contributed by atoms with Crippen LogP contribution in [-0.4, -0.2) is 24.9 Å². The van der Waals surface area contributed by atoms with E-state index in [1.165, 1.54) is 0 Å². The fourth-order valence-electron chi connectivity index (χ4n) is 6.22. The van der Waals surface area contributed by atoms with Crippen molar-refractivity contribution in [1.29, 1.82) is 0 Å². The Morgan fingerprint density at radius 1 is 0.391 bits per heavy atom.